The monoisotopic (exact) mass is 476 g/mol. The number of fused-ring (bicyclic) bond motifs is 1. The number of rotatable bonds is 2. The third-order valence-corrected chi connectivity index (χ3v) is 4.51. The number of aromatic carboxylic acids is 1. The van der Waals surface area contributed by atoms with Crippen LogP contribution in [0.1, 0.15) is 22.3 Å². The van der Waals surface area contributed by atoms with Gasteiger partial charge in [0.15, 0.2) is 34.5 Å². The fourth-order valence-electron chi connectivity index (χ4n) is 2.83. The molecular formula is C23H24O11. The first-order valence-corrected chi connectivity index (χ1v) is 9.76. The van der Waals surface area contributed by atoms with E-state index in [1.54, 1.807) is 12.1 Å². The van der Waals surface area contributed by atoms with Crippen LogP contribution in [0.5, 0.6) is 51.7 Å². The largest absolute Gasteiger partial charge is 0.508 e. The molecule has 0 saturated heterocycles. The molecule has 0 bridgehead atoms. The number of carboxylic acid groups (broad SMARTS) is 1. The van der Waals surface area contributed by atoms with E-state index in [0.29, 0.717) is 12.4 Å². The molecule has 3 aromatic rings. The first-order chi connectivity index (χ1) is 16.0. The summed E-state index contributed by atoms with van der Waals surface area (Å²) >= 11 is 0. The zero-order valence-corrected chi connectivity index (χ0v) is 18.0. The second-order valence-electron chi connectivity index (χ2n) is 6.89. The minimum Gasteiger partial charge on any atom is -0.508 e. The van der Waals surface area contributed by atoms with Gasteiger partial charge in [0.1, 0.15) is 17.2 Å². The zero-order valence-electron chi connectivity index (χ0n) is 18.0. The lowest BCUT2D eigenvalue weighted by Crippen LogP contribution is -2.07. The second kappa shape index (κ2) is 11.3. The molecule has 4 rings (SSSR count). The lowest BCUT2D eigenvalue weighted by molar-refractivity contribution is 0.0695. The van der Waals surface area contributed by atoms with Crippen LogP contribution in [0.2, 0.25) is 0 Å². The highest BCUT2D eigenvalue weighted by atomic mass is 16.5. The fraction of sp³-hybridized carbons (Fsp3) is 0.174. The van der Waals surface area contributed by atoms with Crippen molar-refractivity contribution in [3.8, 4) is 51.7 Å². The molecule has 8 N–H and O–H groups in total. The smallest absolute Gasteiger partial charge is 0.335 e. The molecule has 1 aliphatic rings. The van der Waals surface area contributed by atoms with Crippen molar-refractivity contribution in [3.63, 3.8) is 0 Å². The third kappa shape index (κ3) is 6.42. The van der Waals surface area contributed by atoms with Gasteiger partial charge in [-0.3, -0.25) is 0 Å². The van der Waals surface area contributed by atoms with E-state index >= 15 is 0 Å². The van der Waals surface area contributed by atoms with Crippen LogP contribution in [-0.4, -0.2) is 60.5 Å². The molecule has 3 aromatic carbocycles. The molecule has 0 unspecified atom stereocenters. The second-order valence-corrected chi connectivity index (χ2v) is 6.89. The van der Waals surface area contributed by atoms with Crippen LogP contribution in [-0.2, 0) is 6.42 Å². The number of carbonyl (C=O) groups is 1. The van der Waals surface area contributed by atoms with E-state index in [9.17, 15) is 9.90 Å². The minimum absolute atomic E-state index is 0.0492. The lowest BCUT2D eigenvalue weighted by Gasteiger charge is -2.17. The van der Waals surface area contributed by atoms with Crippen molar-refractivity contribution in [2.24, 2.45) is 0 Å². The Morgan fingerprint density at radius 3 is 2.06 bits per heavy atom. The Kier molecular flexibility index (Phi) is 8.48. The molecule has 34 heavy (non-hydrogen) atoms. The minimum atomic E-state index is -1.29. The van der Waals surface area contributed by atoms with Crippen molar-refractivity contribution in [2.75, 3.05) is 13.7 Å². The number of hydrogen-bond donors (Lipinski definition) is 8. The van der Waals surface area contributed by atoms with Crippen molar-refractivity contribution in [1.82, 2.24) is 0 Å². The van der Waals surface area contributed by atoms with E-state index in [2.05, 4.69) is 0 Å². The van der Waals surface area contributed by atoms with Crippen LogP contribution in [0.4, 0.5) is 0 Å². The van der Waals surface area contributed by atoms with Crippen molar-refractivity contribution >= 4 is 5.97 Å². The third-order valence-electron chi connectivity index (χ3n) is 4.51. The molecule has 1 aliphatic heterocycles. The van der Waals surface area contributed by atoms with Crippen LogP contribution in [0, 0.1) is 0 Å². The van der Waals surface area contributed by atoms with Gasteiger partial charge in [0.05, 0.1) is 19.3 Å². The van der Waals surface area contributed by atoms with Gasteiger partial charge in [0.25, 0.3) is 0 Å². The van der Waals surface area contributed by atoms with Crippen LogP contribution < -0.4 is 9.47 Å². The number of phenols is 7. The highest BCUT2D eigenvalue weighted by molar-refractivity contribution is 5.89. The van der Waals surface area contributed by atoms with Gasteiger partial charge in [-0.25, -0.2) is 4.79 Å². The normalized spacial score (nSPS) is 11.4. The molecule has 11 heteroatoms. The summed E-state index contributed by atoms with van der Waals surface area (Å²) in [5.41, 5.74) is 0.516. The van der Waals surface area contributed by atoms with E-state index in [0.717, 1.165) is 30.5 Å². The van der Waals surface area contributed by atoms with Gasteiger partial charge in [0.2, 0.25) is 0 Å². The van der Waals surface area contributed by atoms with Crippen LogP contribution in [0.15, 0.2) is 42.5 Å². The van der Waals surface area contributed by atoms with Gasteiger partial charge in [-0.2, -0.15) is 0 Å². The number of hydrogen-bond acceptors (Lipinski definition) is 10. The number of aromatic hydroxyl groups is 7. The van der Waals surface area contributed by atoms with Crippen molar-refractivity contribution in [3.05, 3.63) is 53.6 Å². The Morgan fingerprint density at radius 1 is 0.853 bits per heavy atom. The number of benzene rings is 3. The summed E-state index contributed by atoms with van der Waals surface area (Å²) in [5, 5.41) is 71.4. The zero-order chi connectivity index (χ0) is 25.4. The van der Waals surface area contributed by atoms with E-state index in [4.69, 9.17) is 45.2 Å². The maximum atomic E-state index is 10.3. The summed E-state index contributed by atoms with van der Waals surface area (Å²) in [5.74, 6) is -2.65. The van der Waals surface area contributed by atoms with Crippen LogP contribution in [0.25, 0.3) is 0 Å². The molecule has 0 saturated carbocycles. The van der Waals surface area contributed by atoms with E-state index in [1.807, 2.05) is 0 Å². The van der Waals surface area contributed by atoms with Gasteiger partial charge < -0.3 is 50.3 Å². The number of para-hydroxylation sites is 1. The first-order valence-electron chi connectivity index (χ1n) is 9.76. The molecule has 0 aliphatic carbocycles. The average molecular weight is 476 g/mol. The average Bonchev–Trinajstić information content (AvgIpc) is 2.79. The SMILES string of the molecule is COc1cccc(O)c1O.O=C(O)c1cc(O)c(O)c(O)c1.Oc1cc(O)c2c(c1)OCCC2. The summed E-state index contributed by atoms with van der Waals surface area (Å²) in [4.78, 5) is 10.3. The predicted octanol–water partition coefficient (Wildman–Crippen LogP) is 3.03. The Hall–Kier alpha value is -4.67. The fourth-order valence-corrected chi connectivity index (χ4v) is 2.83. The van der Waals surface area contributed by atoms with Crippen LogP contribution in [0.3, 0.4) is 0 Å². The number of phenolic OH excluding ortho intramolecular Hbond substituents is 7. The van der Waals surface area contributed by atoms with Crippen LogP contribution >= 0.6 is 0 Å². The first kappa shape index (κ1) is 25.6. The Morgan fingerprint density at radius 2 is 1.50 bits per heavy atom. The molecule has 182 valence electrons. The highest BCUT2D eigenvalue weighted by Gasteiger charge is 2.15. The predicted molar refractivity (Wildman–Crippen MR) is 118 cm³/mol. The number of methoxy groups -OCH3 is 1. The summed E-state index contributed by atoms with van der Waals surface area (Å²) in [6, 6.07) is 9.11. The number of ether oxygens (including phenoxy) is 2. The summed E-state index contributed by atoms with van der Waals surface area (Å²) in [7, 11) is 1.43. The standard InChI is InChI=1S/C9H10O3.C7H6O5.C7H8O3/c10-6-4-8(11)7-2-1-3-12-9(7)5-6;8-4-1-3(7(11)12)2-5(9)6(4)10;1-10-6-4-2-3-5(8)7(6)9/h4-5,10-11H,1-3H2;1-2,8-10H,(H,11,12);2-4,8-9H,1H3. The molecule has 0 spiro atoms. The molecule has 1 heterocycles. The molecule has 0 amide bonds. The Labute approximate surface area is 193 Å². The summed E-state index contributed by atoms with van der Waals surface area (Å²) < 4.78 is 9.98. The highest BCUT2D eigenvalue weighted by Crippen LogP contribution is 2.36. The van der Waals surface area contributed by atoms with Gasteiger partial charge in [-0.1, -0.05) is 6.07 Å². The molecule has 0 fully saturated rings. The Bertz CT molecular complexity index is 1130. The molecular weight excluding hydrogens is 452 g/mol. The maximum absolute atomic E-state index is 10.3. The van der Waals surface area contributed by atoms with Gasteiger partial charge in [-0.05, 0) is 37.1 Å². The van der Waals surface area contributed by atoms with Crippen molar-refractivity contribution < 1.29 is 55.1 Å². The van der Waals surface area contributed by atoms with E-state index in [-0.39, 0.29) is 34.3 Å². The summed E-state index contributed by atoms with van der Waals surface area (Å²) in [6.45, 7) is 0.663. The topological polar surface area (TPSA) is 197 Å². The van der Waals surface area contributed by atoms with E-state index in [1.165, 1.54) is 25.3 Å². The maximum Gasteiger partial charge on any atom is 0.335 e. The van der Waals surface area contributed by atoms with Crippen molar-refractivity contribution in [2.45, 2.75) is 12.8 Å². The molecule has 0 radical (unpaired) electrons. The van der Waals surface area contributed by atoms with Gasteiger partial charge in [-0.15, -0.1) is 0 Å². The van der Waals surface area contributed by atoms with E-state index < -0.39 is 23.2 Å². The molecule has 11 nitrogen and oxygen atoms in total. The Balaban J connectivity index is 0.000000181. The van der Waals surface area contributed by atoms with Gasteiger partial charge >= 0.3 is 5.97 Å². The summed E-state index contributed by atoms with van der Waals surface area (Å²) in [6.07, 6.45) is 1.74. The van der Waals surface area contributed by atoms with Crippen molar-refractivity contribution in [1.29, 1.82) is 0 Å². The van der Waals surface area contributed by atoms with Gasteiger partial charge in [0, 0.05) is 17.7 Å². The molecule has 0 atom stereocenters. The number of carboxylic acids is 1. The molecule has 0 aromatic heterocycles. The quantitative estimate of drug-likeness (QED) is 0.253. The lowest BCUT2D eigenvalue weighted by atomic mass is 10.1.